The number of halogens is 1. The fourth-order valence-electron chi connectivity index (χ4n) is 0.993. The second kappa shape index (κ2) is 6.93. The summed E-state index contributed by atoms with van der Waals surface area (Å²) in [6.07, 6.45) is 4.24. The second-order valence-electron chi connectivity index (χ2n) is 2.82. The van der Waals surface area contributed by atoms with Crippen LogP contribution < -0.4 is 5.73 Å². The Bertz CT molecular complexity index is 282. The van der Waals surface area contributed by atoms with Crippen LogP contribution in [0.3, 0.4) is 0 Å². The molecular weight excluding hydrogens is 214 g/mol. The summed E-state index contributed by atoms with van der Waals surface area (Å²) in [4.78, 5) is 0. The first kappa shape index (κ1) is 11.6. The summed E-state index contributed by atoms with van der Waals surface area (Å²) in [5.41, 5.74) is 6.56. The van der Waals surface area contributed by atoms with Crippen LogP contribution in [0.5, 0.6) is 0 Å². The molecule has 76 valence electrons. The topological polar surface area (TPSA) is 26.0 Å². The van der Waals surface area contributed by atoms with Gasteiger partial charge in [-0.2, -0.15) is 11.8 Å². The zero-order chi connectivity index (χ0) is 10.2. The highest BCUT2D eigenvalue weighted by Crippen LogP contribution is 2.11. The average molecular weight is 228 g/mol. The maximum absolute atomic E-state index is 5.77. The molecule has 0 bridgehead atoms. The maximum atomic E-state index is 5.77. The lowest BCUT2D eigenvalue weighted by molar-refractivity contribution is 1.15. The van der Waals surface area contributed by atoms with Crippen LogP contribution in [0.1, 0.15) is 5.56 Å². The zero-order valence-electron chi connectivity index (χ0n) is 7.95. The first-order valence-corrected chi connectivity index (χ1v) is 6.06. The van der Waals surface area contributed by atoms with Gasteiger partial charge in [-0.3, -0.25) is 0 Å². The van der Waals surface area contributed by atoms with Crippen molar-refractivity contribution in [3.8, 4) is 0 Å². The number of thioether (sulfide) groups is 1. The molecule has 3 heteroatoms. The zero-order valence-corrected chi connectivity index (χ0v) is 9.52. The third-order valence-electron chi connectivity index (χ3n) is 1.66. The molecule has 0 fully saturated rings. The van der Waals surface area contributed by atoms with Crippen LogP contribution in [0.4, 0.5) is 0 Å². The van der Waals surface area contributed by atoms with Crippen molar-refractivity contribution in [2.24, 2.45) is 5.73 Å². The van der Waals surface area contributed by atoms with E-state index in [2.05, 4.69) is 12.2 Å². The molecule has 0 spiro atoms. The SMILES string of the molecule is NCCSC/C=C/c1ccc(Cl)cc1. The van der Waals surface area contributed by atoms with Gasteiger partial charge in [-0.05, 0) is 17.7 Å². The fourth-order valence-corrected chi connectivity index (χ4v) is 1.68. The van der Waals surface area contributed by atoms with Gasteiger partial charge in [-0.15, -0.1) is 0 Å². The second-order valence-corrected chi connectivity index (χ2v) is 4.40. The van der Waals surface area contributed by atoms with Gasteiger partial charge in [0.1, 0.15) is 0 Å². The number of hydrogen-bond acceptors (Lipinski definition) is 2. The monoisotopic (exact) mass is 227 g/mol. The predicted molar refractivity (Wildman–Crippen MR) is 66.9 cm³/mol. The molecule has 0 unspecified atom stereocenters. The van der Waals surface area contributed by atoms with Crippen LogP contribution in [0, 0.1) is 0 Å². The molecule has 0 aliphatic carbocycles. The molecule has 2 N–H and O–H groups in total. The highest BCUT2D eigenvalue weighted by molar-refractivity contribution is 7.99. The van der Waals surface area contributed by atoms with Crippen LogP contribution in [-0.4, -0.2) is 18.1 Å². The lowest BCUT2D eigenvalue weighted by Crippen LogP contribution is -2.01. The molecule has 1 rings (SSSR count). The minimum atomic E-state index is 0.749. The van der Waals surface area contributed by atoms with Gasteiger partial charge in [0.25, 0.3) is 0 Å². The Hall–Kier alpha value is -0.440. The lowest BCUT2D eigenvalue weighted by atomic mass is 10.2. The van der Waals surface area contributed by atoms with E-state index < -0.39 is 0 Å². The summed E-state index contributed by atoms with van der Waals surface area (Å²) >= 11 is 7.61. The maximum Gasteiger partial charge on any atom is 0.0406 e. The van der Waals surface area contributed by atoms with Crippen molar-refractivity contribution < 1.29 is 0 Å². The molecule has 0 saturated carbocycles. The summed E-state index contributed by atoms with van der Waals surface area (Å²) in [6, 6.07) is 7.81. The van der Waals surface area contributed by atoms with Crippen molar-refractivity contribution in [1.29, 1.82) is 0 Å². The third-order valence-corrected chi connectivity index (χ3v) is 2.86. The van der Waals surface area contributed by atoms with Crippen LogP contribution in [0.25, 0.3) is 6.08 Å². The first-order valence-electron chi connectivity index (χ1n) is 4.53. The molecule has 14 heavy (non-hydrogen) atoms. The predicted octanol–water partition coefficient (Wildman–Crippen LogP) is 3.05. The molecule has 0 aliphatic rings. The normalized spacial score (nSPS) is 11.0. The van der Waals surface area contributed by atoms with Crippen LogP contribution in [0.15, 0.2) is 30.3 Å². The van der Waals surface area contributed by atoms with Crippen molar-refractivity contribution in [2.75, 3.05) is 18.1 Å². The van der Waals surface area contributed by atoms with Crippen LogP contribution in [-0.2, 0) is 0 Å². The van der Waals surface area contributed by atoms with E-state index in [-0.39, 0.29) is 0 Å². The van der Waals surface area contributed by atoms with Crippen LogP contribution in [0.2, 0.25) is 5.02 Å². The van der Waals surface area contributed by atoms with Crippen molar-refractivity contribution in [3.05, 3.63) is 40.9 Å². The Balaban J connectivity index is 2.33. The van der Waals surface area contributed by atoms with Gasteiger partial charge in [-0.25, -0.2) is 0 Å². The van der Waals surface area contributed by atoms with E-state index >= 15 is 0 Å². The summed E-state index contributed by atoms with van der Waals surface area (Å²) in [5.74, 6) is 2.03. The Morgan fingerprint density at radius 3 is 2.64 bits per heavy atom. The third kappa shape index (κ3) is 4.70. The molecule has 0 heterocycles. The molecular formula is C11H14ClNS. The van der Waals surface area contributed by atoms with E-state index in [0.717, 1.165) is 23.1 Å². The molecule has 0 aromatic heterocycles. The standard InChI is InChI=1S/C11H14ClNS/c12-11-5-3-10(4-6-11)2-1-8-14-9-7-13/h1-6H,7-9,13H2/b2-1+. The summed E-state index contributed by atoms with van der Waals surface area (Å²) < 4.78 is 0. The van der Waals surface area contributed by atoms with E-state index in [9.17, 15) is 0 Å². The highest BCUT2D eigenvalue weighted by atomic mass is 35.5. The van der Waals surface area contributed by atoms with Gasteiger partial charge in [0.2, 0.25) is 0 Å². The Kier molecular flexibility index (Phi) is 5.76. The quantitative estimate of drug-likeness (QED) is 0.783. The first-order chi connectivity index (χ1) is 6.83. The van der Waals surface area contributed by atoms with Gasteiger partial charge >= 0.3 is 0 Å². The summed E-state index contributed by atoms with van der Waals surface area (Å²) in [5, 5.41) is 0.777. The fraction of sp³-hybridized carbons (Fsp3) is 0.273. The molecule has 0 atom stereocenters. The number of nitrogens with two attached hydrogens (primary N) is 1. The van der Waals surface area contributed by atoms with E-state index in [1.54, 1.807) is 0 Å². The summed E-state index contributed by atoms with van der Waals surface area (Å²) in [7, 11) is 0. The van der Waals surface area contributed by atoms with Crippen molar-refractivity contribution >= 4 is 29.4 Å². The lowest BCUT2D eigenvalue weighted by Gasteiger charge is -1.94. The summed E-state index contributed by atoms with van der Waals surface area (Å²) in [6.45, 7) is 0.749. The highest BCUT2D eigenvalue weighted by Gasteiger charge is 1.87. The van der Waals surface area contributed by atoms with Gasteiger partial charge in [-0.1, -0.05) is 35.9 Å². The molecule has 1 aromatic rings. The van der Waals surface area contributed by atoms with Crippen molar-refractivity contribution in [2.45, 2.75) is 0 Å². The minimum absolute atomic E-state index is 0.749. The van der Waals surface area contributed by atoms with E-state index in [4.69, 9.17) is 17.3 Å². The Labute approximate surface area is 94.3 Å². The molecule has 1 nitrogen and oxygen atoms in total. The van der Waals surface area contributed by atoms with E-state index in [1.807, 2.05) is 36.0 Å². The number of benzene rings is 1. The van der Waals surface area contributed by atoms with Crippen LogP contribution >= 0.6 is 23.4 Å². The van der Waals surface area contributed by atoms with E-state index in [0.29, 0.717) is 0 Å². The minimum Gasteiger partial charge on any atom is -0.330 e. The number of hydrogen-bond donors (Lipinski definition) is 1. The van der Waals surface area contributed by atoms with Crippen molar-refractivity contribution in [1.82, 2.24) is 0 Å². The van der Waals surface area contributed by atoms with Gasteiger partial charge < -0.3 is 5.73 Å². The Morgan fingerprint density at radius 1 is 1.29 bits per heavy atom. The smallest absolute Gasteiger partial charge is 0.0406 e. The largest absolute Gasteiger partial charge is 0.330 e. The molecule has 0 saturated heterocycles. The van der Waals surface area contributed by atoms with Crippen molar-refractivity contribution in [3.63, 3.8) is 0 Å². The van der Waals surface area contributed by atoms with E-state index in [1.165, 1.54) is 5.56 Å². The number of rotatable bonds is 5. The van der Waals surface area contributed by atoms with Gasteiger partial charge in [0.15, 0.2) is 0 Å². The van der Waals surface area contributed by atoms with Gasteiger partial charge in [0, 0.05) is 23.1 Å². The average Bonchev–Trinajstić information content (AvgIpc) is 2.21. The Morgan fingerprint density at radius 2 is 2.00 bits per heavy atom. The molecule has 0 amide bonds. The van der Waals surface area contributed by atoms with Gasteiger partial charge in [0.05, 0.1) is 0 Å². The molecule has 0 radical (unpaired) electrons. The molecule has 0 aliphatic heterocycles. The molecule has 1 aromatic carbocycles.